The lowest BCUT2D eigenvalue weighted by Crippen LogP contribution is -2.35. The molecule has 1 amide bonds. The first kappa shape index (κ1) is 14.6. The lowest BCUT2D eigenvalue weighted by atomic mass is 10.2. The van der Waals surface area contributed by atoms with Gasteiger partial charge in [0.2, 0.25) is 0 Å². The van der Waals surface area contributed by atoms with E-state index in [-0.39, 0.29) is 5.91 Å². The summed E-state index contributed by atoms with van der Waals surface area (Å²) in [5.74, 6) is 0.0216. The van der Waals surface area contributed by atoms with Gasteiger partial charge < -0.3 is 14.6 Å². The van der Waals surface area contributed by atoms with E-state index in [0.29, 0.717) is 5.69 Å². The van der Waals surface area contributed by atoms with E-state index in [1.54, 1.807) is 30.3 Å². The number of aromatic nitrogens is 1. The molecule has 6 heteroatoms. The van der Waals surface area contributed by atoms with E-state index >= 15 is 0 Å². The van der Waals surface area contributed by atoms with E-state index in [1.807, 2.05) is 6.07 Å². The van der Waals surface area contributed by atoms with Gasteiger partial charge in [-0.25, -0.2) is 0 Å². The van der Waals surface area contributed by atoms with Crippen molar-refractivity contribution in [2.75, 3.05) is 40.4 Å². The minimum atomic E-state index is 0.0216. The molecule has 114 valence electrons. The van der Waals surface area contributed by atoms with Crippen molar-refractivity contribution in [3.8, 4) is 0 Å². The van der Waals surface area contributed by atoms with Crippen molar-refractivity contribution in [1.29, 1.82) is 0 Å². The van der Waals surface area contributed by atoms with Crippen molar-refractivity contribution in [3.05, 3.63) is 22.2 Å². The van der Waals surface area contributed by atoms with Crippen molar-refractivity contribution in [1.82, 2.24) is 14.8 Å². The molecule has 3 heterocycles. The predicted octanol–water partition coefficient (Wildman–Crippen LogP) is 2.07. The zero-order valence-corrected chi connectivity index (χ0v) is 13.5. The summed E-state index contributed by atoms with van der Waals surface area (Å²) < 4.78 is 6.57. The van der Waals surface area contributed by atoms with Crippen molar-refractivity contribution in [3.63, 3.8) is 0 Å². The van der Waals surface area contributed by atoms with Gasteiger partial charge in [0.05, 0.1) is 23.4 Å². The first-order valence-electron chi connectivity index (χ1n) is 7.19. The Labute approximate surface area is 128 Å². The second kappa shape index (κ2) is 5.79. The molecule has 0 unspecified atom stereocenters. The summed E-state index contributed by atoms with van der Waals surface area (Å²) in [5, 5.41) is 0. The summed E-state index contributed by atoms with van der Waals surface area (Å²) in [7, 11) is 3.55. The molecule has 3 rings (SSSR count). The number of hydrogen-bond acceptors (Lipinski definition) is 4. The van der Waals surface area contributed by atoms with Crippen molar-refractivity contribution in [2.45, 2.75) is 13.5 Å². The maximum atomic E-state index is 12.1. The van der Waals surface area contributed by atoms with E-state index in [9.17, 15) is 4.79 Å². The first-order chi connectivity index (χ1) is 10.1. The average Bonchev–Trinajstić information content (AvgIpc) is 2.99. The summed E-state index contributed by atoms with van der Waals surface area (Å²) in [4.78, 5) is 20.7. The second-order valence-corrected chi connectivity index (χ2v) is 6.90. The monoisotopic (exact) mass is 307 g/mol. The summed E-state index contributed by atoms with van der Waals surface area (Å²) >= 11 is 1.76. The molecule has 0 spiro atoms. The lowest BCUT2D eigenvalue weighted by Gasteiger charge is -2.26. The zero-order chi connectivity index (χ0) is 15.0. The van der Waals surface area contributed by atoms with Crippen LogP contribution in [-0.4, -0.2) is 61.1 Å². The maximum Gasteiger partial charge on any atom is 0.269 e. The predicted molar refractivity (Wildman–Crippen MR) is 85.0 cm³/mol. The number of amides is 1. The maximum absolute atomic E-state index is 12.1. The highest BCUT2D eigenvalue weighted by Gasteiger charge is 2.19. The molecule has 0 aliphatic carbocycles. The summed E-state index contributed by atoms with van der Waals surface area (Å²) in [6.45, 7) is 6.64. The number of carbonyl (C=O) groups excluding carboxylic acids is 1. The van der Waals surface area contributed by atoms with E-state index in [1.165, 1.54) is 15.1 Å². The van der Waals surface area contributed by atoms with Gasteiger partial charge in [-0.1, -0.05) is 0 Å². The van der Waals surface area contributed by atoms with Crippen LogP contribution in [0.1, 0.15) is 20.9 Å². The fourth-order valence-corrected chi connectivity index (χ4v) is 3.74. The van der Waals surface area contributed by atoms with Gasteiger partial charge in [-0.2, -0.15) is 0 Å². The number of aromatic amines is 1. The molecule has 2 aromatic rings. The fraction of sp³-hybridized carbons (Fsp3) is 0.533. The van der Waals surface area contributed by atoms with Gasteiger partial charge in [-0.05, 0) is 13.0 Å². The average molecular weight is 307 g/mol. The molecule has 21 heavy (non-hydrogen) atoms. The number of nitrogens with one attached hydrogen (secondary N) is 1. The van der Waals surface area contributed by atoms with Crippen LogP contribution in [0.4, 0.5) is 0 Å². The minimum Gasteiger partial charge on any atom is -0.379 e. The van der Waals surface area contributed by atoms with Crippen LogP contribution in [0, 0.1) is 6.92 Å². The second-order valence-electron chi connectivity index (χ2n) is 5.65. The van der Waals surface area contributed by atoms with E-state index in [0.717, 1.165) is 38.4 Å². The van der Waals surface area contributed by atoms with Gasteiger partial charge in [0, 0.05) is 44.2 Å². The van der Waals surface area contributed by atoms with E-state index in [2.05, 4.69) is 16.8 Å². The molecule has 0 bridgehead atoms. The van der Waals surface area contributed by atoms with Gasteiger partial charge >= 0.3 is 0 Å². The molecule has 0 radical (unpaired) electrons. The van der Waals surface area contributed by atoms with Crippen LogP contribution < -0.4 is 0 Å². The molecule has 1 N–H and O–H groups in total. The van der Waals surface area contributed by atoms with Crippen LogP contribution in [0.25, 0.3) is 10.2 Å². The Morgan fingerprint density at radius 3 is 2.81 bits per heavy atom. The van der Waals surface area contributed by atoms with Crippen LogP contribution in [-0.2, 0) is 11.3 Å². The topological polar surface area (TPSA) is 48.6 Å². The number of rotatable bonds is 3. The molecule has 2 aromatic heterocycles. The fourth-order valence-electron chi connectivity index (χ4n) is 2.67. The Bertz CT molecular complexity index is 653. The molecule has 1 aliphatic rings. The van der Waals surface area contributed by atoms with E-state index < -0.39 is 0 Å². The highest BCUT2D eigenvalue weighted by Crippen LogP contribution is 2.32. The Morgan fingerprint density at radius 1 is 1.43 bits per heavy atom. The molecule has 1 aliphatic heterocycles. The van der Waals surface area contributed by atoms with Crippen molar-refractivity contribution in [2.24, 2.45) is 0 Å². The lowest BCUT2D eigenvalue weighted by molar-refractivity contribution is 0.0343. The van der Waals surface area contributed by atoms with Crippen molar-refractivity contribution < 1.29 is 9.53 Å². The smallest absolute Gasteiger partial charge is 0.269 e. The number of aryl methyl sites for hydroxylation is 1. The normalized spacial score (nSPS) is 16.5. The highest BCUT2D eigenvalue weighted by atomic mass is 32.1. The summed E-state index contributed by atoms with van der Waals surface area (Å²) in [5.41, 5.74) is 3.10. The number of carbonyl (C=O) groups is 1. The molecule has 0 aromatic carbocycles. The number of hydrogen-bond donors (Lipinski definition) is 1. The SMILES string of the molecule is Cc1sc2cc(C(=O)N(C)C)[nH]c2c1CN1CCOCC1. The number of ether oxygens (including phenoxy) is 1. The van der Waals surface area contributed by atoms with Crippen LogP contribution in [0.15, 0.2) is 6.07 Å². The van der Waals surface area contributed by atoms with Crippen LogP contribution in [0.3, 0.4) is 0 Å². The molecule has 5 nitrogen and oxygen atoms in total. The summed E-state index contributed by atoms with van der Waals surface area (Å²) in [6.07, 6.45) is 0. The van der Waals surface area contributed by atoms with Gasteiger partial charge in [0.15, 0.2) is 0 Å². The standard InChI is InChI=1S/C15H21N3O2S/c1-10-11(9-18-4-6-20-7-5-18)14-13(21-10)8-12(16-14)15(19)17(2)3/h8,16H,4-7,9H2,1-3H3. The minimum absolute atomic E-state index is 0.0216. The largest absolute Gasteiger partial charge is 0.379 e. The molecule has 1 saturated heterocycles. The van der Waals surface area contributed by atoms with Gasteiger partial charge in [0.1, 0.15) is 5.69 Å². The number of thiophene rings is 1. The van der Waals surface area contributed by atoms with E-state index in [4.69, 9.17) is 4.74 Å². The Morgan fingerprint density at radius 2 is 2.14 bits per heavy atom. The van der Waals surface area contributed by atoms with Crippen LogP contribution in [0.5, 0.6) is 0 Å². The zero-order valence-electron chi connectivity index (χ0n) is 12.7. The van der Waals surface area contributed by atoms with Crippen LogP contribution >= 0.6 is 11.3 Å². The van der Waals surface area contributed by atoms with Gasteiger partial charge in [-0.3, -0.25) is 9.69 Å². The van der Waals surface area contributed by atoms with Crippen LogP contribution in [0.2, 0.25) is 0 Å². The van der Waals surface area contributed by atoms with Gasteiger partial charge in [0.25, 0.3) is 5.91 Å². The quantitative estimate of drug-likeness (QED) is 0.944. The number of morpholine rings is 1. The molecular weight excluding hydrogens is 286 g/mol. The Kier molecular flexibility index (Phi) is 4.01. The Hall–Kier alpha value is -1.37. The summed E-state index contributed by atoms with van der Waals surface area (Å²) in [6, 6.07) is 1.97. The third kappa shape index (κ3) is 2.84. The molecule has 1 fully saturated rings. The molecule has 0 saturated carbocycles. The van der Waals surface area contributed by atoms with Gasteiger partial charge in [-0.15, -0.1) is 11.3 Å². The third-order valence-electron chi connectivity index (χ3n) is 3.89. The van der Waals surface area contributed by atoms with Crippen molar-refractivity contribution >= 4 is 27.5 Å². The highest BCUT2D eigenvalue weighted by molar-refractivity contribution is 7.19. The first-order valence-corrected chi connectivity index (χ1v) is 8.00. The third-order valence-corrected chi connectivity index (χ3v) is 4.99. The Balaban J connectivity index is 1.90. The molecule has 0 atom stereocenters. The molecular formula is C15H21N3O2S. The number of H-pyrrole nitrogens is 1. The number of fused-ring (bicyclic) bond motifs is 1. The number of nitrogens with zero attached hydrogens (tertiary/aromatic N) is 2.